The summed E-state index contributed by atoms with van der Waals surface area (Å²) >= 11 is 0. The molecule has 0 saturated carbocycles. The van der Waals surface area contributed by atoms with Gasteiger partial charge in [-0.15, -0.1) is 0 Å². The molecular formula is C14H14F2N6O. The van der Waals surface area contributed by atoms with E-state index in [0.717, 1.165) is 12.1 Å². The first kappa shape index (κ1) is 15.2. The van der Waals surface area contributed by atoms with Crippen molar-refractivity contribution in [1.82, 2.24) is 29.8 Å². The third kappa shape index (κ3) is 2.82. The fourth-order valence-corrected chi connectivity index (χ4v) is 2.46. The molecule has 0 fully saturated rings. The molecule has 0 bridgehead atoms. The maximum atomic E-state index is 14.3. The minimum Gasteiger partial charge on any atom is -0.381 e. The second-order valence-electron chi connectivity index (χ2n) is 5.17. The van der Waals surface area contributed by atoms with Crippen LogP contribution in [0.25, 0.3) is 0 Å². The standard InChI is InChI=1S/C14H14F2N6O/c1-10(22-18-4-5-19-22)14(23,7-21-9-17-8-20-21)12-3-2-11(15)6-13(12)16/h2-6,8-10,23H,7H2,1H3/t10-,14+/m0/s1. The number of aromatic nitrogens is 6. The van der Waals surface area contributed by atoms with Crippen molar-refractivity contribution in [3.63, 3.8) is 0 Å². The lowest BCUT2D eigenvalue weighted by Crippen LogP contribution is -2.41. The lowest BCUT2D eigenvalue weighted by atomic mass is 9.86. The molecular weight excluding hydrogens is 306 g/mol. The quantitative estimate of drug-likeness (QED) is 0.766. The molecule has 1 N–H and O–H groups in total. The molecule has 2 heterocycles. The Kier molecular flexibility index (Phi) is 3.87. The van der Waals surface area contributed by atoms with Gasteiger partial charge in [-0.25, -0.2) is 18.4 Å². The maximum Gasteiger partial charge on any atom is 0.137 e. The molecule has 3 aromatic rings. The molecule has 120 valence electrons. The van der Waals surface area contributed by atoms with Crippen molar-refractivity contribution in [1.29, 1.82) is 0 Å². The Morgan fingerprint density at radius 3 is 2.57 bits per heavy atom. The zero-order valence-electron chi connectivity index (χ0n) is 12.2. The SMILES string of the molecule is C[C@H](n1nccn1)[C@](O)(Cn1cncn1)c1ccc(F)cc1F. The molecule has 0 aliphatic rings. The van der Waals surface area contributed by atoms with Crippen LogP contribution in [0.3, 0.4) is 0 Å². The summed E-state index contributed by atoms with van der Waals surface area (Å²) in [7, 11) is 0. The van der Waals surface area contributed by atoms with Gasteiger partial charge in [-0.2, -0.15) is 20.1 Å². The largest absolute Gasteiger partial charge is 0.381 e. The van der Waals surface area contributed by atoms with E-state index in [1.54, 1.807) is 6.92 Å². The summed E-state index contributed by atoms with van der Waals surface area (Å²) in [4.78, 5) is 5.07. The van der Waals surface area contributed by atoms with Crippen LogP contribution in [0, 0.1) is 11.6 Å². The first-order valence-corrected chi connectivity index (χ1v) is 6.87. The summed E-state index contributed by atoms with van der Waals surface area (Å²) in [5, 5.41) is 23.1. The van der Waals surface area contributed by atoms with Gasteiger partial charge in [0.2, 0.25) is 0 Å². The van der Waals surface area contributed by atoms with Gasteiger partial charge in [0.1, 0.15) is 35.9 Å². The fourth-order valence-electron chi connectivity index (χ4n) is 2.46. The third-order valence-electron chi connectivity index (χ3n) is 3.74. The fraction of sp³-hybridized carbons (Fsp3) is 0.286. The first-order chi connectivity index (χ1) is 11.0. The number of benzene rings is 1. The molecule has 2 atom stereocenters. The lowest BCUT2D eigenvalue weighted by molar-refractivity contribution is -0.0413. The van der Waals surface area contributed by atoms with Crippen molar-refractivity contribution in [2.45, 2.75) is 25.1 Å². The highest BCUT2D eigenvalue weighted by atomic mass is 19.1. The van der Waals surface area contributed by atoms with E-state index >= 15 is 0 Å². The topological polar surface area (TPSA) is 81.6 Å². The Labute approximate surface area is 130 Å². The molecule has 0 aliphatic carbocycles. The molecule has 0 saturated heterocycles. The van der Waals surface area contributed by atoms with Crippen LogP contribution >= 0.6 is 0 Å². The number of rotatable bonds is 5. The Hall–Kier alpha value is -2.68. The van der Waals surface area contributed by atoms with Gasteiger partial charge in [0.05, 0.1) is 18.9 Å². The summed E-state index contributed by atoms with van der Waals surface area (Å²) in [6, 6.07) is 2.29. The molecule has 3 rings (SSSR count). The van der Waals surface area contributed by atoms with Crippen LogP contribution < -0.4 is 0 Å². The monoisotopic (exact) mass is 320 g/mol. The van der Waals surface area contributed by atoms with E-state index in [9.17, 15) is 13.9 Å². The minimum atomic E-state index is -1.76. The first-order valence-electron chi connectivity index (χ1n) is 6.87. The molecule has 0 spiro atoms. The smallest absolute Gasteiger partial charge is 0.137 e. The van der Waals surface area contributed by atoms with Crippen LogP contribution in [-0.2, 0) is 12.1 Å². The van der Waals surface area contributed by atoms with Gasteiger partial charge < -0.3 is 5.11 Å². The summed E-state index contributed by atoms with van der Waals surface area (Å²) in [5.74, 6) is -1.58. The third-order valence-corrected chi connectivity index (χ3v) is 3.74. The van der Waals surface area contributed by atoms with E-state index in [4.69, 9.17) is 0 Å². The van der Waals surface area contributed by atoms with Crippen LogP contribution in [-0.4, -0.2) is 34.9 Å². The van der Waals surface area contributed by atoms with Crippen LogP contribution in [0.15, 0.2) is 43.2 Å². The highest BCUT2D eigenvalue weighted by Gasteiger charge is 2.41. The minimum absolute atomic E-state index is 0.0702. The number of halogens is 2. The van der Waals surface area contributed by atoms with Gasteiger partial charge in [0.25, 0.3) is 0 Å². The van der Waals surface area contributed by atoms with Crippen LogP contribution in [0.5, 0.6) is 0 Å². The summed E-state index contributed by atoms with van der Waals surface area (Å²) < 4.78 is 28.9. The van der Waals surface area contributed by atoms with Crippen molar-refractivity contribution >= 4 is 0 Å². The van der Waals surface area contributed by atoms with E-state index in [0.29, 0.717) is 0 Å². The molecule has 7 nitrogen and oxygen atoms in total. The molecule has 0 unspecified atom stereocenters. The number of nitrogens with zero attached hydrogens (tertiary/aromatic N) is 6. The Morgan fingerprint density at radius 2 is 1.96 bits per heavy atom. The van der Waals surface area contributed by atoms with Gasteiger partial charge >= 0.3 is 0 Å². The van der Waals surface area contributed by atoms with Crippen molar-refractivity contribution in [3.05, 3.63) is 60.4 Å². The molecule has 1 aromatic carbocycles. The second kappa shape index (κ2) is 5.84. The van der Waals surface area contributed by atoms with Crippen molar-refractivity contribution in [2.24, 2.45) is 0 Å². The zero-order chi connectivity index (χ0) is 16.4. The average molecular weight is 320 g/mol. The van der Waals surface area contributed by atoms with Crippen LogP contribution in [0.4, 0.5) is 8.78 Å². The molecule has 0 aliphatic heterocycles. The highest BCUT2D eigenvalue weighted by molar-refractivity contribution is 5.26. The van der Waals surface area contributed by atoms with Crippen molar-refractivity contribution in [3.8, 4) is 0 Å². The highest BCUT2D eigenvalue weighted by Crippen LogP contribution is 2.35. The van der Waals surface area contributed by atoms with Gasteiger partial charge in [0, 0.05) is 11.6 Å². The second-order valence-corrected chi connectivity index (χ2v) is 5.17. The number of aliphatic hydroxyl groups is 1. The predicted octanol–water partition coefficient (Wildman–Crippen LogP) is 1.30. The molecule has 2 aromatic heterocycles. The zero-order valence-corrected chi connectivity index (χ0v) is 12.2. The maximum absolute atomic E-state index is 14.3. The van der Waals surface area contributed by atoms with E-state index in [1.807, 2.05) is 0 Å². The van der Waals surface area contributed by atoms with E-state index in [-0.39, 0.29) is 12.1 Å². The summed E-state index contributed by atoms with van der Waals surface area (Å²) in [6.07, 6.45) is 5.61. The lowest BCUT2D eigenvalue weighted by Gasteiger charge is -2.34. The van der Waals surface area contributed by atoms with Crippen molar-refractivity contribution in [2.75, 3.05) is 0 Å². The molecule has 0 amide bonds. The van der Waals surface area contributed by atoms with Gasteiger partial charge in [0.15, 0.2) is 0 Å². The Morgan fingerprint density at radius 1 is 1.22 bits per heavy atom. The molecule has 0 radical (unpaired) electrons. The average Bonchev–Trinajstić information content (AvgIpc) is 3.19. The van der Waals surface area contributed by atoms with E-state index in [2.05, 4.69) is 20.3 Å². The van der Waals surface area contributed by atoms with Gasteiger partial charge in [-0.1, -0.05) is 6.07 Å². The predicted molar refractivity (Wildman–Crippen MR) is 75.0 cm³/mol. The Bertz CT molecular complexity index is 777. The van der Waals surface area contributed by atoms with Crippen LogP contribution in [0.1, 0.15) is 18.5 Å². The van der Waals surface area contributed by atoms with Crippen LogP contribution in [0.2, 0.25) is 0 Å². The normalized spacial score (nSPS) is 15.3. The number of hydrogen-bond acceptors (Lipinski definition) is 5. The van der Waals surface area contributed by atoms with Gasteiger partial charge in [-0.05, 0) is 13.0 Å². The molecule has 23 heavy (non-hydrogen) atoms. The van der Waals surface area contributed by atoms with Gasteiger partial charge in [-0.3, -0.25) is 0 Å². The Balaban J connectivity index is 2.08. The van der Waals surface area contributed by atoms with E-state index in [1.165, 1.54) is 40.6 Å². The number of hydrogen-bond donors (Lipinski definition) is 1. The summed E-state index contributed by atoms with van der Waals surface area (Å²) in [5.41, 5.74) is -1.83. The van der Waals surface area contributed by atoms with E-state index < -0.39 is 23.3 Å². The summed E-state index contributed by atoms with van der Waals surface area (Å²) in [6.45, 7) is 1.54. The van der Waals surface area contributed by atoms with Crippen molar-refractivity contribution < 1.29 is 13.9 Å². The molecule has 9 heteroatoms.